The summed E-state index contributed by atoms with van der Waals surface area (Å²) in [6.45, 7) is 0.406. The molecule has 0 bridgehead atoms. The van der Waals surface area contributed by atoms with Crippen molar-refractivity contribution in [2.24, 2.45) is 0 Å². The van der Waals surface area contributed by atoms with Gasteiger partial charge in [-0.25, -0.2) is 13.1 Å². The lowest BCUT2D eigenvalue weighted by Gasteiger charge is -2.21. The predicted octanol–water partition coefficient (Wildman–Crippen LogP) is 1.59. The zero-order valence-electron chi connectivity index (χ0n) is 10.2. The lowest BCUT2D eigenvalue weighted by atomic mass is 10.2. The number of sulfonamides is 1. The van der Waals surface area contributed by atoms with Crippen LogP contribution < -0.4 is 10.3 Å². The lowest BCUT2D eigenvalue weighted by Crippen LogP contribution is -2.32. The minimum absolute atomic E-state index is 0.0158. The highest BCUT2D eigenvalue weighted by Gasteiger charge is 2.19. The van der Waals surface area contributed by atoms with Crippen molar-refractivity contribution in [1.82, 2.24) is 9.71 Å². The maximum Gasteiger partial charge on any atom is 0.266 e. The molecule has 5 nitrogen and oxygen atoms in total. The number of hydrogen-bond donors (Lipinski definition) is 2. The molecule has 1 aromatic rings. The summed E-state index contributed by atoms with van der Waals surface area (Å²) in [7, 11) is -3.62. The van der Waals surface area contributed by atoms with E-state index in [1.54, 1.807) is 11.8 Å². The van der Waals surface area contributed by atoms with Crippen LogP contribution in [0.5, 0.6) is 0 Å². The zero-order valence-corrected chi connectivity index (χ0v) is 12.6. The number of H-pyrrole nitrogens is 1. The van der Waals surface area contributed by atoms with E-state index < -0.39 is 15.6 Å². The molecule has 0 radical (unpaired) electrons. The molecule has 1 atom stereocenters. The molecule has 1 fully saturated rings. The van der Waals surface area contributed by atoms with Crippen molar-refractivity contribution in [3.8, 4) is 0 Å². The minimum Gasteiger partial charge on any atom is -0.326 e. The Morgan fingerprint density at radius 1 is 1.47 bits per heavy atom. The van der Waals surface area contributed by atoms with Crippen molar-refractivity contribution >= 4 is 33.4 Å². The molecular formula is C11H15ClN2O3S2. The summed E-state index contributed by atoms with van der Waals surface area (Å²) in [4.78, 5) is 13.4. The molecule has 19 heavy (non-hydrogen) atoms. The summed E-state index contributed by atoms with van der Waals surface area (Å²) in [5.74, 6) is 1.08. The fourth-order valence-corrected chi connectivity index (χ4v) is 4.50. The molecule has 1 aliphatic heterocycles. The lowest BCUT2D eigenvalue weighted by molar-refractivity contribution is 0.573. The van der Waals surface area contributed by atoms with E-state index >= 15 is 0 Å². The van der Waals surface area contributed by atoms with Gasteiger partial charge in [-0.05, 0) is 24.7 Å². The van der Waals surface area contributed by atoms with Gasteiger partial charge in [-0.15, -0.1) is 0 Å². The molecule has 0 amide bonds. The number of rotatable bonds is 4. The fourth-order valence-electron chi connectivity index (χ4n) is 1.85. The molecule has 0 aromatic carbocycles. The Morgan fingerprint density at radius 3 is 2.89 bits per heavy atom. The summed E-state index contributed by atoms with van der Waals surface area (Å²) in [5.41, 5.74) is -0.497. The van der Waals surface area contributed by atoms with Gasteiger partial charge in [0.25, 0.3) is 5.56 Å². The Morgan fingerprint density at radius 2 is 2.26 bits per heavy atom. The van der Waals surface area contributed by atoms with E-state index in [1.807, 2.05) is 0 Å². The van der Waals surface area contributed by atoms with Crippen LogP contribution in [-0.4, -0.2) is 30.9 Å². The SMILES string of the molecule is O=c1[nH]cc(S(=O)(=O)NCC2CCCCS2)cc1Cl. The highest BCUT2D eigenvalue weighted by molar-refractivity contribution is 8.00. The number of aromatic nitrogens is 1. The zero-order chi connectivity index (χ0) is 13.9. The van der Waals surface area contributed by atoms with Gasteiger partial charge >= 0.3 is 0 Å². The van der Waals surface area contributed by atoms with E-state index in [0.717, 1.165) is 30.9 Å². The number of hydrogen-bond acceptors (Lipinski definition) is 4. The molecule has 8 heteroatoms. The summed E-state index contributed by atoms with van der Waals surface area (Å²) in [6.07, 6.45) is 4.53. The molecule has 0 spiro atoms. The average molecular weight is 323 g/mol. The first-order chi connectivity index (χ1) is 8.99. The third-order valence-electron chi connectivity index (χ3n) is 2.92. The van der Waals surface area contributed by atoms with Gasteiger partial charge in [0.15, 0.2) is 0 Å². The normalized spacial score (nSPS) is 20.4. The average Bonchev–Trinajstić information content (AvgIpc) is 2.41. The Bertz CT molecular complexity index is 594. The summed E-state index contributed by atoms with van der Waals surface area (Å²) in [5, 5.41) is 0.191. The van der Waals surface area contributed by atoms with Crippen LogP contribution in [0, 0.1) is 0 Å². The van der Waals surface area contributed by atoms with Gasteiger partial charge in [0, 0.05) is 18.0 Å². The Labute approximate surface area is 121 Å². The third-order valence-corrected chi connectivity index (χ3v) is 6.00. The van der Waals surface area contributed by atoms with E-state index in [-0.39, 0.29) is 9.92 Å². The van der Waals surface area contributed by atoms with Crippen LogP contribution in [0.25, 0.3) is 0 Å². The summed E-state index contributed by atoms with van der Waals surface area (Å²) in [6, 6.07) is 1.16. The first kappa shape index (κ1) is 14.9. The largest absolute Gasteiger partial charge is 0.326 e. The molecule has 1 aromatic heterocycles. The van der Waals surface area contributed by atoms with E-state index in [1.165, 1.54) is 6.42 Å². The molecule has 1 unspecified atom stereocenters. The van der Waals surface area contributed by atoms with Crippen LogP contribution in [0.2, 0.25) is 5.02 Å². The summed E-state index contributed by atoms with van der Waals surface area (Å²) >= 11 is 7.42. The van der Waals surface area contributed by atoms with Crippen LogP contribution in [-0.2, 0) is 10.0 Å². The van der Waals surface area contributed by atoms with E-state index in [2.05, 4.69) is 9.71 Å². The third kappa shape index (κ3) is 3.98. The molecule has 1 aliphatic rings. The van der Waals surface area contributed by atoms with Gasteiger partial charge < -0.3 is 4.98 Å². The molecule has 0 aliphatic carbocycles. The number of pyridine rings is 1. The van der Waals surface area contributed by atoms with Gasteiger partial charge in [0.2, 0.25) is 10.0 Å². The summed E-state index contributed by atoms with van der Waals surface area (Å²) < 4.78 is 26.6. The Kier molecular flexibility index (Phi) is 4.94. The van der Waals surface area contributed by atoms with E-state index in [4.69, 9.17) is 11.6 Å². The maximum atomic E-state index is 12.0. The smallest absolute Gasteiger partial charge is 0.266 e. The van der Waals surface area contributed by atoms with Crippen LogP contribution >= 0.6 is 23.4 Å². The van der Waals surface area contributed by atoms with Crippen molar-refractivity contribution in [2.45, 2.75) is 29.4 Å². The first-order valence-corrected chi connectivity index (χ1v) is 8.89. The number of nitrogens with one attached hydrogen (secondary N) is 2. The second kappa shape index (κ2) is 6.30. The van der Waals surface area contributed by atoms with Crippen molar-refractivity contribution in [3.63, 3.8) is 0 Å². The van der Waals surface area contributed by atoms with E-state index in [9.17, 15) is 13.2 Å². The van der Waals surface area contributed by atoms with Crippen molar-refractivity contribution in [1.29, 1.82) is 0 Å². The molecule has 2 rings (SSSR count). The standard InChI is InChI=1S/C11H15ClN2O3S2/c12-10-5-9(7-13-11(10)15)19(16,17)14-6-8-3-1-2-4-18-8/h5,7-8,14H,1-4,6H2,(H,13,15). The monoisotopic (exact) mass is 322 g/mol. The van der Waals surface area contributed by atoms with Crippen LogP contribution in [0.15, 0.2) is 22.0 Å². The Hall–Kier alpha value is -0.500. The first-order valence-electron chi connectivity index (χ1n) is 5.98. The minimum atomic E-state index is -3.62. The van der Waals surface area contributed by atoms with Gasteiger partial charge in [0.05, 0.1) is 4.90 Å². The van der Waals surface area contributed by atoms with Crippen LogP contribution in [0.4, 0.5) is 0 Å². The predicted molar refractivity (Wildman–Crippen MR) is 77.4 cm³/mol. The molecule has 0 saturated carbocycles. The second-order valence-corrected chi connectivity index (χ2v) is 7.94. The topological polar surface area (TPSA) is 79.0 Å². The number of thioether (sulfide) groups is 1. The Balaban J connectivity index is 2.04. The number of aromatic amines is 1. The molecule has 2 N–H and O–H groups in total. The maximum absolute atomic E-state index is 12.0. The molecule has 106 valence electrons. The quantitative estimate of drug-likeness (QED) is 0.882. The van der Waals surface area contributed by atoms with Crippen LogP contribution in [0.3, 0.4) is 0 Å². The van der Waals surface area contributed by atoms with Gasteiger partial charge in [0.1, 0.15) is 5.02 Å². The van der Waals surface area contributed by atoms with Crippen molar-refractivity contribution in [3.05, 3.63) is 27.6 Å². The van der Waals surface area contributed by atoms with Crippen LogP contribution in [0.1, 0.15) is 19.3 Å². The second-order valence-electron chi connectivity index (χ2n) is 4.35. The fraction of sp³-hybridized carbons (Fsp3) is 0.545. The molecular weight excluding hydrogens is 308 g/mol. The van der Waals surface area contributed by atoms with Crippen molar-refractivity contribution < 1.29 is 8.42 Å². The van der Waals surface area contributed by atoms with Gasteiger partial charge in [-0.2, -0.15) is 11.8 Å². The van der Waals surface area contributed by atoms with Gasteiger partial charge in [-0.3, -0.25) is 4.79 Å². The van der Waals surface area contributed by atoms with Crippen molar-refractivity contribution in [2.75, 3.05) is 12.3 Å². The van der Waals surface area contributed by atoms with Gasteiger partial charge in [-0.1, -0.05) is 18.0 Å². The van der Waals surface area contributed by atoms with E-state index in [0.29, 0.717) is 11.8 Å². The molecule has 1 saturated heterocycles. The molecule has 2 heterocycles. The highest BCUT2D eigenvalue weighted by atomic mass is 35.5. The highest BCUT2D eigenvalue weighted by Crippen LogP contribution is 2.24. The number of halogens is 1.